The largest absolute Gasteiger partial charge is 0.493 e. The third-order valence-corrected chi connectivity index (χ3v) is 5.38. The molecule has 0 aromatic heterocycles. The minimum atomic E-state index is -0.638. The molecule has 10 nitrogen and oxygen atoms in total. The Morgan fingerprint density at radius 3 is 2.35 bits per heavy atom. The molecule has 0 saturated carbocycles. The van der Waals surface area contributed by atoms with E-state index in [9.17, 15) is 19.7 Å². The number of carbonyl (C=O) groups excluding carboxylic acids is 2. The van der Waals surface area contributed by atoms with E-state index in [1.54, 1.807) is 36.1 Å². The van der Waals surface area contributed by atoms with Crippen LogP contribution in [0.2, 0.25) is 0 Å². The number of carbonyl (C=O) groups is 2. The number of nitrogens with one attached hydrogen (secondary N) is 1. The molecule has 1 heterocycles. The fourth-order valence-corrected chi connectivity index (χ4v) is 3.88. The Bertz CT molecular complexity index is 1050. The topological polar surface area (TPSA) is 120 Å². The van der Waals surface area contributed by atoms with Crippen LogP contribution in [-0.2, 0) is 11.3 Å². The fraction of sp³-hybridized carbons (Fsp3) is 0.417. The minimum Gasteiger partial charge on any atom is -0.493 e. The van der Waals surface area contributed by atoms with Gasteiger partial charge < -0.3 is 24.4 Å². The van der Waals surface area contributed by atoms with Crippen molar-refractivity contribution in [2.75, 3.05) is 26.8 Å². The highest BCUT2D eigenvalue weighted by molar-refractivity contribution is 5.99. The number of amides is 2. The van der Waals surface area contributed by atoms with E-state index in [1.165, 1.54) is 19.2 Å². The molecule has 1 fully saturated rings. The van der Waals surface area contributed by atoms with E-state index < -0.39 is 10.8 Å². The molecule has 1 saturated heterocycles. The quantitative estimate of drug-likeness (QED) is 0.464. The van der Waals surface area contributed by atoms with E-state index >= 15 is 0 Å². The van der Waals surface area contributed by atoms with Crippen molar-refractivity contribution in [1.82, 2.24) is 10.2 Å². The van der Waals surface area contributed by atoms with Gasteiger partial charge in [0.25, 0.3) is 17.5 Å². The Morgan fingerprint density at radius 1 is 1.15 bits per heavy atom. The highest BCUT2D eigenvalue weighted by atomic mass is 16.6. The van der Waals surface area contributed by atoms with Gasteiger partial charge in [-0.25, -0.2) is 0 Å². The first-order chi connectivity index (χ1) is 16.2. The summed E-state index contributed by atoms with van der Waals surface area (Å²) in [6.45, 7) is 7.14. The molecular weight excluding hydrogens is 442 g/mol. The van der Waals surface area contributed by atoms with Gasteiger partial charge in [-0.2, -0.15) is 0 Å². The van der Waals surface area contributed by atoms with Gasteiger partial charge >= 0.3 is 0 Å². The van der Waals surface area contributed by atoms with Crippen molar-refractivity contribution in [2.45, 2.75) is 39.5 Å². The van der Waals surface area contributed by atoms with Crippen molar-refractivity contribution in [3.63, 3.8) is 0 Å². The lowest BCUT2D eigenvalue weighted by Gasteiger charge is -2.35. The number of nitro benzene ring substituents is 1. The number of nitro groups is 1. The predicted octanol–water partition coefficient (Wildman–Crippen LogP) is 3.18. The van der Waals surface area contributed by atoms with Crippen molar-refractivity contribution in [1.29, 1.82) is 0 Å². The van der Waals surface area contributed by atoms with Crippen molar-refractivity contribution in [3.8, 4) is 11.5 Å². The number of nitrogens with zero attached hydrogens (tertiary/aromatic N) is 2. The minimum absolute atomic E-state index is 0.0209. The standard InChI is InChI=1S/C24H29N3O7/c1-5-33-22-10-19(20(27(30)31)11-21(22)32-4)23(28)25-12-17-6-8-18(9-7-17)24(29)26-13-15(2)34-16(3)14-26/h6-11,15-16H,5,12-14H2,1-4H3,(H,25,28). The summed E-state index contributed by atoms with van der Waals surface area (Å²) in [4.78, 5) is 38.2. The van der Waals surface area contributed by atoms with Crippen LogP contribution in [0.5, 0.6) is 11.5 Å². The summed E-state index contributed by atoms with van der Waals surface area (Å²) in [5, 5.41) is 14.2. The van der Waals surface area contributed by atoms with Gasteiger partial charge in [-0.05, 0) is 38.5 Å². The lowest BCUT2D eigenvalue weighted by Crippen LogP contribution is -2.48. The van der Waals surface area contributed by atoms with Gasteiger partial charge in [0.05, 0.1) is 36.9 Å². The van der Waals surface area contributed by atoms with Crippen LogP contribution in [0.4, 0.5) is 5.69 Å². The smallest absolute Gasteiger partial charge is 0.286 e. The van der Waals surface area contributed by atoms with E-state index in [0.29, 0.717) is 25.3 Å². The van der Waals surface area contributed by atoms with Gasteiger partial charge in [-0.1, -0.05) is 12.1 Å². The zero-order valence-electron chi connectivity index (χ0n) is 19.7. The van der Waals surface area contributed by atoms with Crippen LogP contribution in [0.3, 0.4) is 0 Å². The molecule has 1 aliphatic rings. The highest BCUT2D eigenvalue weighted by Gasteiger charge is 2.27. The van der Waals surface area contributed by atoms with Crippen LogP contribution in [0.1, 0.15) is 47.1 Å². The highest BCUT2D eigenvalue weighted by Crippen LogP contribution is 2.34. The van der Waals surface area contributed by atoms with Crippen molar-refractivity contribution in [3.05, 3.63) is 63.2 Å². The van der Waals surface area contributed by atoms with Crippen LogP contribution in [-0.4, -0.2) is 60.7 Å². The van der Waals surface area contributed by atoms with E-state index in [0.717, 1.165) is 5.56 Å². The van der Waals surface area contributed by atoms with Crippen LogP contribution in [0.15, 0.2) is 36.4 Å². The van der Waals surface area contributed by atoms with Gasteiger partial charge in [0, 0.05) is 31.3 Å². The first-order valence-corrected chi connectivity index (χ1v) is 11.0. The second-order valence-corrected chi connectivity index (χ2v) is 8.06. The van der Waals surface area contributed by atoms with Crippen LogP contribution in [0, 0.1) is 10.1 Å². The van der Waals surface area contributed by atoms with Crippen molar-refractivity contribution < 1.29 is 28.7 Å². The molecule has 2 amide bonds. The molecule has 10 heteroatoms. The Labute approximate surface area is 197 Å². The molecule has 2 unspecified atom stereocenters. The van der Waals surface area contributed by atoms with E-state index in [2.05, 4.69) is 5.32 Å². The maximum absolute atomic E-state index is 12.8. The zero-order chi connectivity index (χ0) is 24.8. The third kappa shape index (κ3) is 5.82. The molecule has 1 N–H and O–H groups in total. The summed E-state index contributed by atoms with van der Waals surface area (Å²) in [7, 11) is 1.37. The van der Waals surface area contributed by atoms with E-state index in [4.69, 9.17) is 14.2 Å². The monoisotopic (exact) mass is 471 g/mol. The molecule has 3 rings (SSSR count). The molecule has 0 bridgehead atoms. The molecule has 0 radical (unpaired) electrons. The first-order valence-electron chi connectivity index (χ1n) is 11.0. The number of rotatable bonds is 8. The maximum atomic E-state index is 12.8. The summed E-state index contributed by atoms with van der Waals surface area (Å²) in [5.41, 5.74) is 0.780. The number of hydrogen-bond acceptors (Lipinski definition) is 7. The normalized spacial score (nSPS) is 17.7. The average Bonchev–Trinajstić information content (AvgIpc) is 2.81. The van der Waals surface area contributed by atoms with Crippen LogP contribution in [0.25, 0.3) is 0 Å². The summed E-state index contributed by atoms with van der Waals surface area (Å²) in [5.74, 6) is -0.272. The molecule has 2 aromatic carbocycles. The maximum Gasteiger partial charge on any atom is 0.286 e. The van der Waals surface area contributed by atoms with Crippen molar-refractivity contribution in [2.24, 2.45) is 0 Å². The lowest BCUT2D eigenvalue weighted by molar-refractivity contribution is -0.385. The molecule has 2 atom stereocenters. The van der Waals surface area contributed by atoms with Gasteiger partial charge in [-0.3, -0.25) is 19.7 Å². The summed E-state index contributed by atoms with van der Waals surface area (Å²) >= 11 is 0. The first kappa shape index (κ1) is 25.0. The Balaban J connectivity index is 1.70. The number of ether oxygens (including phenoxy) is 3. The lowest BCUT2D eigenvalue weighted by atomic mass is 10.1. The molecule has 0 aliphatic carbocycles. The summed E-state index contributed by atoms with van der Waals surface area (Å²) in [6, 6.07) is 9.38. The molecular formula is C24H29N3O7. The summed E-state index contributed by atoms with van der Waals surface area (Å²) in [6.07, 6.45) is -0.0418. The molecule has 1 aliphatic heterocycles. The van der Waals surface area contributed by atoms with Gasteiger partial charge in [0.15, 0.2) is 11.5 Å². The summed E-state index contributed by atoms with van der Waals surface area (Å²) < 4.78 is 16.3. The van der Waals surface area contributed by atoms with Crippen LogP contribution >= 0.6 is 0 Å². The molecule has 0 spiro atoms. The Kier molecular flexibility index (Phi) is 8.06. The number of hydrogen-bond donors (Lipinski definition) is 1. The van der Waals surface area contributed by atoms with Crippen molar-refractivity contribution >= 4 is 17.5 Å². The predicted molar refractivity (Wildman–Crippen MR) is 124 cm³/mol. The fourth-order valence-electron chi connectivity index (χ4n) is 3.88. The van der Waals surface area contributed by atoms with E-state index in [1.807, 2.05) is 13.8 Å². The van der Waals surface area contributed by atoms with Gasteiger partial charge in [-0.15, -0.1) is 0 Å². The average molecular weight is 472 g/mol. The number of benzene rings is 2. The van der Waals surface area contributed by atoms with Gasteiger partial charge in [0.1, 0.15) is 5.56 Å². The zero-order valence-corrected chi connectivity index (χ0v) is 19.7. The van der Waals surface area contributed by atoms with E-state index in [-0.39, 0.29) is 47.4 Å². The van der Waals surface area contributed by atoms with Crippen LogP contribution < -0.4 is 14.8 Å². The Hall–Kier alpha value is -3.66. The SMILES string of the molecule is CCOc1cc(C(=O)NCc2ccc(C(=O)N3CC(C)OC(C)C3)cc2)c([N+](=O)[O-])cc1OC. The number of methoxy groups -OCH3 is 1. The Morgan fingerprint density at radius 2 is 1.79 bits per heavy atom. The molecule has 2 aromatic rings. The molecule has 34 heavy (non-hydrogen) atoms. The second kappa shape index (κ2) is 11.0. The third-order valence-electron chi connectivity index (χ3n) is 5.38. The second-order valence-electron chi connectivity index (χ2n) is 8.06. The van der Waals surface area contributed by atoms with Gasteiger partial charge in [0.2, 0.25) is 0 Å². The number of morpholine rings is 1. The molecule has 182 valence electrons.